The minimum atomic E-state index is -0.369. The quantitative estimate of drug-likeness (QED) is 0.251. The Kier molecular flexibility index (Phi) is 13.3. The summed E-state index contributed by atoms with van der Waals surface area (Å²) in [5, 5.41) is 9.02. The standard InChI is InChI=1S/C14H29N3O2S2/c1-3-4-5-17-14(19)11(9-20)8-13(18)12(10-21)16-7-6-15-2/h11-12,15-16,20-21H,3-10H2,1-2H3,(H,17,19)/t11-,12-/m0/s1. The molecule has 0 saturated carbocycles. The van der Waals surface area contributed by atoms with Gasteiger partial charge in [0.25, 0.3) is 0 Å². The second-order valence-corrected chi connectivity index (χ2v) is 5.72. The Hall–Kier alpha value is -0.240. The van der Waals surface area contributed by atoms with Gasteiger partial charge in [-0.3, -0.25) is 9.59 Å². The van der Waals surface area contributed by atoms with Crippen molar-refractivity contribution in [1.29, 1.82) is 0 Å². The van der Waals surface area contributed by atoms with Gasteiger partial charge in [-0.1, -0.05) is 13.3 Å². The fourth-order valence-corrected chi connectivity index (χ4v) is 2.44. The normalized spacial score (nSPS) is 13.7. The van der Waals surface area contributed by atoms with Crippen LogP contribution in [-0.4, -0.2) is 55.9 Å². The second-order valence-electron chi connectivity index (χ2n) is 4.99. The van der Waals surface area contributed by atoms with Gasteiger partial charge in [0.1, 0.15) is 0 Å². The van der Waals surface area contributed by atoms with Gasteiger partial charge in [0.2, 0.25) is 5.91 Å². The van der Waals surface area contributed by atoms with E-state index in [1.807, 2.05) is 7.05 Å². The molecule has 0 aliphatic carbocycles. The topological polar surface area (TPSA) is 70.2 Å². The molecule has 0 aromatic heterocycles. The van der Waals surface area contributed by atoms with E-state index in [2.05, 4.69) is 48.1 Å². The first-order valence-corrected chi connectivity index (χ1v) is 8.77. The number of hydrogen-bond donors (Lipinski definition) is 5. The maximum Gasteiger partial charge on any atom is 0.224 e. The van der Waals surface area contributed by atoms with Crippen LogP contribution in [0, 0.1) is 5.92 Å². The van der Waals surface area contributed by atoms with E-state index < -0.39 is 0 Å². The van der Waals surface area contributed by atoms with Crippen LogP contribution in [-0.2, 0) is 9.59 Å². The summed E-state index contributed by atoms with van der Waals surface area (Å²) in [6, 6.07) is -0.312. The third-order valence-corrected chi connectivity index (χ3v) is 4.01. The zero-order valence-corrected chi connectivity index (χ0v) is 14.8. The van der Waals surface area contributed by atoms with Crippen molar-refractivity contribution in [3.63, 3.8) is 0 Å². The fraction of sp³-hybridized carbons (Fsp3) is 0.857. The monoisotopic (exact) mass is 335 g/mol. The van der Waals surface area contributed by atoms with Gasteiger partial charge in [-0.2, -0.15) is 25.3 Å². The number of amides is 1. The summed E-state index contributed by atoms with van der Waals surface area (Å²) < 4.78 is 0. The highest BCUT2D eigenvalue weighted by Crippen LogP contribution is 2.09. The molecule has 0 spiro atoms. The van der Waals surface area contributed by atoms with Crippen molar-refractivity contribution in [3.05, 3.63) is 0 Å². The van der Waals surface area contributed by atoms with Crippen LogP contribution in [0.5, 0.6) is 0 Å². The van der Waals surface area contributed by atoms with Crippen molar-refractivity contribution in [2.45, 2.75) is 32.2 Å². The van der Waals surface area contributed by atoms with Crippen LogP contribution >= 0.6 is 25.3 Å². The Labute approximate surface area is 139 Å². The average molecular weight is 336 g/mol. The van der Waals surface area contributed by atoms with Gasteiger partial charge in [-0.25, -0.2) is 0 Å². The number of carbonyl (C=O) groups excluding carboxylic acids is 2. The first kappa shape index (κ1) is 20.8. The molecule has 5 nitrogen and oxygen atoms in total. The maximum absolute atomic E-state index is 12.2. The molecule has 0 fully saturated rings. The van der Waals surface area contributed by atoms with Crippen molar-refractivity contribution in [3.8, 4) is 0 Å². The van der Waals surface area contributed by atoms with Gasteiger partial charge in [-0.15, -0.1) is 0 Å². The van der Waals surface area contributed by atoms with E-state index in [4.69, 9.17) is 0 Å². The molecule has 0 bridgehead atoms. The van der Waals surface area contributed by atoms with Crippen LogP contribution in [0.15, 0.2) is 0 Å². The third-order valence-electron chi connectivity index (χ3n) is 3.21. The van der Waals surface area contributed by atoms with Crippen LogP contribution in [0.2, 0.25) is 0 Å². The Morgan fingerprint density at radius 2 is 1.81 bits per heavy atom. The van der Waals surface area contributed by atoms with Crippen molar-refractivity contribution in [2.75, 3.05) is 38.2 Å². The van der Waals surface area contributed by atoms with Gasteiger partial charge in [0, 0.05) is 37.6 Å². The number of unbranched alkanes of at least 4 members (excludes halogenated alkanes) is 1. The van der Waals surface area contributed by atoms with Gasteiger partial charge >= 0.3 is 0 Å². The van der Waals surface area contributed by atoms with E-state index in [1.165, 1.54) is 0 Å². The fourth-order valence-electron chi connectivity index (χ4n) is 1.81. The smallest absolute Gasteiger partial charge is 0.224 e. The summed E-state index contributed by atoms with van der Waals surface area (Å²) in [4.78, 5) is 24.2. The first-order chi connectivity index (χ1) is 10.1. The van der Waals surface area contributed by atoms with Crippen molar-refractivity contribution in [1.82, 2.24) is 16.0 Å². The molecule has 1 amide bonds. The predicted molar refractivity (Wildman–Crippen MR) is 94.5 cm³/mol. The number of Topliss-reactive ketones (excluding diaryl/α,β-unsaturated/α-hetero) is 1. The van der Waals surface area contributed by atoms with Gasteiger partial charge < -0.3 is 16.0 Å². The minimum absolute atomic E-state index is 0.0193. The van der Waals surface area contributed by atoms with Gasteiger partial charge in [0.05, 0.1) is 12.0 Å². The molecule has 0 rings (SSSR count). The molecule has 7 heteroatoms. The molecule has 0 aromatic rings. The second kappa shape index (κ2) is 13.4. The summed E-state index contributed by atoms with van der Waals surface area (Å²) >= 11 is 8.40. The highest BCUT2D eigenvalue weighted by molar-refractivity contribution is 7.80. The number of rotatable bonds is 13. The Balaban J connectivity index is 4.29. The van der Waals surface area contributed by atoms with Crippen LogP contribution < -0.4 is 16.0 Å². The Morgan fingerprint density at radius 1 is 1.10 bits per heavy atom. The van der Waals surface area contributed by atoms with E-state index >= 15 is 0 Å². The number of ketones is 1. The van der Waals surface area contributed by atoms with E-state index in [1.54, 1.807) is 0 Å². The summed E-state index contributed by atoms with van der Waals surface area (Å²) in [6.45, 7) is 4.21. The zero-order chi connectivity index (χ0) is 16.1. The molecular weight excluding hydrogens is 306 g/mol. The molecule has 0 aliphatic heterocycles. The SMILES string of the molecule is CCCCNC(=O)[C@H](CS)CC(=O)[C@H](CS)NCCNC. The van der Waals surface area contributed by atoms with E-state index in [-0.39, 0.29) is 30.1 Å². The van der Waals surface area contributed by atoms with Gasteiger partial charge in [0.15, 0.2) is 5.78 Å². The zero-order valence-electron chi connectivity index (χ0n) is 13.0. The molecule has 0 aliphatic rings. The molecular formula is C14H29N3O2S2. The summed E-state index contributed by atoms with van der Waals surface area (Å²) in [5.41, 5.74) is 0. The lowest BCUT2D eigenvalue weighted by Gasteiger charge is -2.19. The van der Waals surface area contributed by atoms with E-state index in [0.717, 1.165) is 19.4 Å². The summed E-state index contributed by atoms with van der Waals surface area (Å²) in [6.07, 6.45) is 2.19. The van der Waals surface area contributed by atoms with E-state index in [0.29, 0.717) is 24.6 Å². The molecule has 0 radical (unpaired) electrons. The van der Waals surface area contributed by atoms with Crippen LogP contribution in [0.4, 0.5) is 0 Å². The van der Waals surface area contributed by atoms with Crippen LogP contribution in [0.3, 0.4) is 0 Å². The van der Waals surface area contributed by atoms with E-state index in [9.17, 15) is 9.59 Å². The molecule has 0 unspecified atom stereocenters. The number of hydrogen-bond acceptors (Lipinski definition) is 6. The molecule has 0 heterocycles. The minimum Gasteiger partial charge on any atom is -0.356 e. The Morgan fingerprint density at radius 3 is 2.33 bits per heavy atom. The maximum atomic E-state index is 12.2. The lowest BCUT2D eigenvalue weighted by Crippen LogP contribution is -2.43. The summed E-state index contributed by atoms with van der Waals surface area (Å²) in [5.74, 6) is 0.371. The highest BCUT2D eigenvalue weighted by atomic mass is 32.1. The third kappa shape index (κ3) is 9.39. The first-order valence-electron chi connectivity index (χ1n) is 7.50. The van der Waals surface area contributed by atoms with Gasteiger partial charge in [-0.05, 0) is 13.5 Å². The van der Waals surface area contributed by atoms with Crippen molar-refractivity contribution >= 4 is 36.9 Å². The average Bonchev–Trinajstić information content (AvgIpc) is 2.49. The summed E-state index contributed by atoms with van der Waals surface area (Å²) in [7, 11) is 1.86. The Bertz CT molecular complexity index is 304. The van der Waals surface area contributed by atoms with Crippen molar-refractivity contribution in [2.24, 2.45) is 5.92 Å². The molecule has 3 N–H and O–H groups in total. The van der Waals surface area contributed by atoms with Crippen LogP contribution in [0.1, 0.15) is 26.2 Å². The lowest BCUT2D eigenvalue weighted by atomic mass is 9.99. The number of thiol groups is 2. The number of carbonyl (C=O) groups is 2. The molecule has 0 aromatic carbocycles. The largest absolute Gasteiger partial charge is 0.356 e. The molecule has 21 heavy (non-hydrogen) atoms. The number of nitrogens with one attached hydrogen (secondary N) is 3. The highest BCUT2D eigenvalue weighted by Gasteiger charge is 2.24. The molecule has 2 atom stereocenters. The number of likely N-dealkylation sites (N-methyl/N-ethyl adjacent to an activating group) is 1. The lowest BCUT2D eigenvalue weighted by molar-refractivity contribution is -0.129. The van der Waals surface area contributed by atoms with Crippen LogP contribution in [0.25, 0.3) is 0 Å². The molecule has 124 valence electrons. The predicted octanol–water partition coefficient (Wildman–Crippen LogP) is 0.515. The van der Waals surface area contributed by atoms with Crippen molar-refractivity contribution < 1.29 is 9.59 Å². The molecule has 0 saturated heterocycles.